The van der Waals surface area contributed by atoms with Crippen molar-refractivity contribution in [3.63, 3.8) is 0 Å². The Morgan fingerprint density at radius 1 is 1.58 bits per heavy atom. The molecule has 1 heterocycles. The summed E-state index contributed by atoms with van der Waals surface area (Å²) in [5, 5.41) is 12.5. The summed E-state index contributed by atoms with van der Waals surface area (Å²) < 4.78 is 1.01. The summed E-state index contributed by atoms with van der Waals surface area (Å²) in [6, 6.07) is 5.55. The van der Waals surface area contributed by atoms with E-state index in [4.69, 9.17) is 0 Å². The third kappa shape index (κ3) is 4.21. The Kier molecular flexibility index (Phi) is 4.82. The highest BCUT2D eigenvalue weighted by Crippen LogP contribution is 2.24. The van der Waals surface area contributed by atoms with E-state index >= 15 is 0 Å². The molecule has 1 aromatic carbocycles. The van der Waals surface area contributed by atoms with Crippen LogP contribution in [0.15, 0.2) is 22.7 Å². The lowest BCUT2D eigenvalue weighted by molar-refractivity contribution is -0.120. The SMILES string of the molecule is CC(=O)NC1CCCN(Cc2cc(O)ccc2Br)C1. The van der Waals surface area contributed by atoms with E-state index < -0.39 is 0 Å². The molecular formula is C14H19BrN2O2. The first-order valence-corrected chi connectivity index (χ1v) is 7.31. The van der Waals surface area contributed by atoms with E-state index in [1.165, 1.54) is 0 Å². The average Bonchev–Trinajstić information content (AvgIpc) is 2.33. The van der Waals surface area contributed by atoms with Crippen LogP contribution in [0.3, 0.4) is 0 Å². The van der Waals surface area contributed by atoms with Crippen LogP contribution in [0.25, 0.3) is 0 Å². The van der Waals surface area contributed by atoms with Gasteiger partial charge in [0.25, 0.3) is 0 Å². The average molecular weight is 327 g/mol. The lowest BCUT2D eigenvalue weighted by Crippen LogP contribution is -2.46. The molecular weight excluding hydrogens is 308 g/mol. The highest BCUT2D eigenvalue weighted by atomic mass is 79.9. The van der Waals surface area contributed by atoms with Crippen molar-refractivity contribution in [3.05, 3.63) is 28.2 Å². The van der Waals surface area contributed by atoms with E-state index in [1.807, 2.05) is 6.07 Å². The fraction of sp³-hybridized carbons (Fsp3) is 0.500. The zero-order valence-corrected chi connectivity index (χ0v) is 12.6. The van der Waals surface area contributed by atoms with Gasteiger partial charge in [0.1, 0.15) is 5.75 Å². The molecule has 0 aliphatic carbocycles. The molecule has 0 saturated carbocycles. The van der Waals surface area contributed by atoms with Crippen LogP contribution in [-0.4, -0.2) is 35.0 Å². The van der Waals surface area contributed by atoms with Gasteiger partial charge in [-0.1, -0.05) is 15.9 Å². The number of phenolic OH excluding ortho intramolecular Hbond substituents is 1. The number of hydrogen-bond acceptors (Lipinski definition) is 3. The van der Waals surface area contributed by atoms with E-state index in [0.29, 0.717) is 0 Å². The van der Waals surface area contributed by atoms with Gasteiger partial charge in [-0.15, -0.1) is 0 Å². The number of halogens is 1. The number of phenols is 1. The summed E-state index contributed by atoms with van der Waals surface area (Å²) in [7, 11) is 0. The van der Waals surface area contributed by atoms with E-state index in [-0.39, 0.29) is 17.7 Å². The first-order valence-electron chi connectivity index (χ1n) is 6.51. The second-order valence-electron chi connectivity index (χ2n) is 5.05. The fourth-order valence-electron chi connectivity index (χ4n) is 2.53. The van der Waals surface area contributed by atoms with E-state index in [2.05, 4.69) is 26.1 Å². The van der Waals surface area contributed by atoms with Crippen molar-refractivity contribution in [2.45, 2.75) is 32.4 Å². The molecule has 0 aromatic heterocycles. The van der Waals surface area contributed by atoms with Crippen molar-refractivity contribution < 1.29 is 9.90 Å². The maximum atomic E-state index is 11.1. The van der Waals surface area contributed by atoms with Crippen LogP contribution < -0.4 is 5.32 Å². The number of nitrogens with zero attached hydrogens (tertiary/aromatic N) is 1. The van der Waals surface area contributed by atoms with Crippen LogP contribution in [0, 0.1) is 0 Å². The molecule has 0 radical (unpaired) electrons. The monoisotopic (exact) mass is 326 g/mol. The number of nitrogens with one attached hydrogen (secondary N) is 1. The van der Waals surface area contributed by atoms with Crippen molar-refractivity contribution in [1.29, 1.82) is 0 Å². The van der Waals surface area contributed by atoms with Gasteiger partial charge in [-0.2, -0.15) is 0 Å². The second-order valence-corrected chi connectivity index (χ2v) is 5.90. The quantitative estimate of drug-likeness (QED) is 0.895. The molecule has 1 aromatic rings. The zero-order chi connectivity index (χ0) is 13.8. The predicted molar refractivity (Wildman–Crippen MR) is 77.9 cm³/mol. The fourth-order valence-corrected chi connectivity index (χ4v) is 2.90. The summed E-state index contributed by atoms with van der Waals surface area (Å²) in [6.07, 6.45) is 2.12. The molecule has 1 saturated heterocycles. The van der Waals surface area contributed by atoms with Gasteiger partial charge in [0.15, 0.2) is 0 Å². The molecule has 19 heavy (non-hydrogen) atoms. The summed E-state index contributed by atoms with van der Waals surface area (Å²) in [5.41, 5.74) is 1.07. The number of carbonyl (C=O) groups excluding carboxylic acids is 1. The molecule has 0 spiro atoms. The summed E-state index contributed by atoms with van der Waals surface area (Å²) in [6.45, 7) is 4.23. The minimum absolute atomic E-state index is 0.0328. The van der Waals surface area contributed by atoms with E-state index in [9.17, 15) is 9.90 Å². The standard InChI is InChI=1S/C14H19BrN2O2/c1-10(18)16-12-3-2-6-17(9-12)8-11-7-13(19)4-5-14(11)15/h4-5,7,12,19H,2-3,6,8-9H2,1H3,(H,16,18). The molecule has 1 atom stereocenters. The number of aromatic hydroxyl groups is 1. The number of piperidine rings is 1. The van der Waals surface area contributed by atoms with Crippen LogP contribution in [0.1, 0.15) is 25.3 Å². The molecule has 2 N–H and O–H groups in total. The molecule has 0 bridgehead atoms. The van der Waals surface area contributed by atoms with Gasteiger partial charge in [-0.05, 0) is 43.1 Å². The van der Waals surface area contributed by atoms with Crippen LogP contribution in [0.4, 0.5) is 0 Å². The Bertz CT molecular complexity index is 465. The van der Waals surface area contributed by atoms with E-state index in [0.717, 1.165) is 42.5 Å². The molecule has 2 rings (SSSR count). The van der Waals surface area contributed by atoms with E-state index in [1.54, 1.807) is 19.1 Å². The minimum Gasteiger partial charge on any atom is -0.508 e. The summed E-state index contributed by atoms with van der Waals surface area (Å²) in [4.78, 5) is 13.4. The Morgan fingerprint density at radius 2 is 2.37 bits per heavy atom. The first kappa shape index (κ1) is 14.3. The predicted octanol–water partition coefficient (Wildman–Crippen LogP) is 2.26. The maximum absolute atomic E-state index is 11.1. The maximum Gasteiger partial charge on any atom is 0.217 e. The van der Waals surface area contributed by atoms with Crippen LogP contribution in [0.2, 0.25) is 0 Å². The second kappa shape index (κ2) is 6.39. The molecule has 1 aliphatic heterocycles. The van der Waals surface area contributed by atoms with Crippen LogP contribution in [0.5, 0.6) is 5.75 Å². The van der Waals surface area contributed by atoms with Crippen molar-refractivity contribution in [3.8, 4) is 5.75 Å². The first-order chi connectivity index (χ1) is 9.04. The third-order valence-corrected chi connectivity index (χ3v) is 4.11. The number of benzene rings is 1. The highest BCUT2D eigenvalue weighted by molar-refractivity contribution is 9.10. The van der Waals surface area contributed by atoms with Crippen molar-refractivity contribution >= 4 is 21.8 Å². The van der Waals surface area contributed by atoms with Gasteiger partial charge in [0, 0.05) is 30.5 Å². The Morgan fingerprint density at radius 3 is 3.11 bits per heavy atom. The molecule has 5 heteroatoms. The number of hydrogen-bond donors (Lipinski definition) is 2. The molecule has 1 unspecified atom stereocenters. The van der Waals surface area contributed by atoms with Gasteiger partial charge >= 0.3 is 0 Å². The third-order valence-electron chi connectivity index (χ3n) is 3.34. The van der Waals surface area contributed by atoms with Gasteiger partial charge in [0.05, 0.1) is 0 Å². The molecule has 1 fully saturated rings. The number of likely N-dealkylation sites (tertiary alicyclic amines) is 1. The molecule has 1 aliphatic rings. The van der Waals surface area contributed by atoms with Gasteiger partial charge < -0.3 is 10.4 Å². The van der Waals surface area contributed by atoms with Crippen LogP contribution in [-0.2, 0) is 11.3 Å². The Balaban J connectivity index is 1.98. The Hall–Kier alpha value is -1.07. The van der Waals surface area contributed by atoms with Gasteiger partial charge in [0.2, 0.25) is 5.91 Å². The van der Waals surface area contributed by atoms with Crippen molar-refractivity contribution in [2.75, 3.05) is 13.1 Å². The van der Waals surface area contributed by atoms with Gasteiger partial charge in [-0.25, -0.2) is 0 Å². The topological polar surface area (TPSA) is 52.6 Å². The highest BCUT2D eigenvalue weighted by Gasteiger charge is 2.21. The van der Waals surface area contributed by atoms with Crippen LogP contribution >= 0.6 is 15.9 Å². The van der Waals surface area contributed by atoms with Crippen molar-refractivity contribution in [2.24, 2.45) is 0 Å². The Labute approximate surface area is 121 Å². The number of carbonyl (C=O) groups is 1. The lowest BCUT2D eigenvalue weighted by atomic mass is 10.0. The van der Waals surface area contributed by atoms with Gasteiger partial charge in [-0.3, -0.25) is 9.69 Å². The van der Waals surface area contributed by atoms with Crippen molar-refractivity contribution in [1.82, 2.24) is 10.2 Å². The number of amides is 1. The molecule has 104 valence electrons. The summed E-state index contributed by atoms with van der Waals surface area (Å²) >= 11 is 3.51. The minimum atomic E-state index is 0.0328. The molecule has 1 amide bonds. The normalized spacial score (nSPS) is 20.2. The number of rotatable bonds is 3. The largest absolute Gasteiger partial charge is 0.508 e. The summed E-state index contributed by atoms with van der Waals surface area (Å²) in [5.74, 6) is 0.319. The molecule has 4 nitrogen and oxygen atoms in total. The zero-order valence-electron chi connectivity index (χ0n) is 11.0. The lowest BCUT2D eigenvalue weighted by Gasteiger charge is -2.33. The smallest absolute Gasteiger partial charge is 0.217 e.